The molecule has 2 aromatic carbocycles. The monoisotopic (exact) mass is 284 g/mol. The van der Waals surface area contributed by atoms with Crippen LogP contribution in [0.25, 0.3) is 0 Å². The Morgan fingerprint density at radius 2 is 1.90 bits per heavy atom. The first kappa shape index (κ1) is 13.8. The van der Waals surface area contributed by atoms with E-state index in [9.17, 15) is 9.18 Å². The molecule has 1 aliphatic heterocycles. The quantitative estimate of drug-likeness (QED) is 0.910. The van der Waals surface area contributed by atoms with Crippen molar-refractivity contribution < 1.29 is 9.18 Å². The highest BCUT2D eigenvalue weighted by atomic mass is 19.1. The number of fused-ring (bicyclic) bond motifs is 1. The Bertz CT molecular complexity index is 712. The molecule has 1 heterocycles. The molecular formula is C17H17FN2O. The van der Waals surface area contributed by atoms with Gasteiger partial charge in [0.1, 0.15) is 5.82 Å². The van der Waals surface area contributed by atoms with Crippen LogP contribution < -0.4 is 10.6 Å². The first-order valence-electron chi connectivity index (χ1n) is 6.94. The lowest BCUT2D eigenvalue weighted by Gasteiger charge is -2.18. The van der Waals surface area contributed by atoms with Gasteiger partial charge in [-0.3, -0.25) is 4.79 Å². The van der Waals surface area contributed by atoms with E-state index < -0.39 is 0 Å². The Hall–Kier alpha value is -2.20. The summed E-state index contributed by atoms with van der Waals surface area (Å²) in [6, 6.07) is 11.1. The van der Waals surface area contributed by atoms with Crippen LogP contribution >= 0.6 is 0 Å². The van der Waals surface area contributed by atoms with Crippen LogP contribution in [0.1, 0.15) is 28.3 Å². The SMILES string of the molecule is CNC(c1ccc(C)c(F)c1)c1ccc2c(c1)CC(=O)N2. The van der Waals surface area contributed by atoms with Crippen LogP contribution in [-0.4, -0.2) is 13.0 Å². The molecule has 108 valence electrons. The highest BCUT2D eigenvalue weighted by molar-refractivity contribution is 5.99. The molecule has 3 nitrogen and oxygen atoms in total. The van der Waals surface area contributed by atoms with E-state index in [1.165, 1.54) is 0 Å². The number of carbonyl (C=O) groups excluding carboxylic acids is 1. The lowest BCUT2D eigenvalue weighted by atomic mass is 9.95. The smallest absolute Gasteiger partial charge is 0.228 e. The predicted molar refractivity (Wildman–Crippen MR) is 80.8 cm³/mol. The summed E-state index contributed by atoms with van der Waals surface area (Å²) in [5.41, 5.74) is 4.39. The van der Waals surface area contributed by atoms with Gasteiger partial charge in [0, 0.05) is 5.69 Å². The Kier molecular flexibility index (Phi) is 3.47. The zero-order valence-corrected chi connectivity index (χ0v) is 12.0. The fourth-order valence-electron chi connectivity index (χ4n) is 2.74. The molecule has 21 heavy (non-hydrogen) atoms. The molecule has 0 aliphatic carbocycles. The molecule has 2 N–H and O–H groups in total. The number of amides is 1. The van der Waals surface area contributed by atoms with Crippen LogP contribution in [0.4, 0.5) is 10.1 Å². The number of aryl methyl sites for hydroxylation is 1. The predicted octanol–water partition coefficient (Wildman–Crippen LogP) is 2.94. The number of hydrogen-bond donors (Lipinski definition) is 2. The average Bonchev–Trinajstić information content (AvgIpc) is 2.83. The van der Waals surface area contributed by atoms with Crippen molar-refractivity contribution in [2.45, 2.75) is 19.4 Å². The molecule has 3 rings (SSSR count). The van der Waals surface area contributed by atoms with Crippen molar-refractivity contribution in [3.63, 3.8) is 0 Å². The number of nitrogens with one attached hydrogen (secondary N) is 2. The van der Waals surface area contributed by atoms with Gasteiger partial charge in [0.05, 0.1) is 12.5 Å². The minimum atomic E-state index is -0.203. The van der Waals surface area contributed by atoms with Crippen molar-refractivity contribution in [1.29, 1.82) is 0 Å². The molecule has 1 unspecified atom stereocenters. The first-order valence-corrected chi connectivity index (χ1v) is 6.94. The maximum absolute atomic E-state index is 13.8. The summed E-state index contributed by atoms with van der Waals surface area (Å²) in [6.45, 7) is 1.75. The van der Waals surface area contributed by atoms with E-state index in [1.807, 2.05) is 31.3 Å². The Balaban J connectivity index is 1.98. The third-order valence-electron chi connectivity index (χ3n) is 3.91. The van der Waals surface area contributed by atoms with Gasteiger partial charge in [-0.15, -0.1) is 0 Å². The lowest BCUT2D eigenvalue weighted by molar-refractivity contribution is -0.115. The normalized spacial score (nSPS) is 14.7. The van der Waals surface area contributed by atoms with Crippen molar-refractivity contribution in [3.05, 3.63) is 64.5 Å². The number of anilines is 1. The van der Waals surface area contributed by atoms with Crippen LogP contribution in [0.5, 0.6) is 0 Å². The standard InChI is InChI=1S/C17H17FN2O/c1-10-3-4-12(8-14(10)18)17(19-2)11-5-6-15-13(7-11)9-16(21)20-15/h3-8,17,19H,9H2,1-2H3,(H,20,21). The molecular weight excluding hydrogens is 267 g/mol. The van der Waals surface area contributed by atoms with Gasteiger partial charge in [-0.05, 0) is 48.4 Å². The van der Waals surface area contributed by atoms with E-state index in [2.05, 4.69) is 10.6 Å². The lowest BCUT2D eigenvalue weighted by Crippen LogP contribution is -2.18. The summed E-state index contributed by atoms with van der Waals surface area (Å²) >= 11 is 0. The number of carbonyl (C=O) groups is 1. The van der Waals surface area contributed by atoms with E-state index in [0.717, 1.165) is 22.4 Å². The second kappa shape index (κ2) is 5.30. The number of halogens is 1. The molecule has 2 aromatic rings. The molecule has 0 radical (unpaired) electrons. The third kappa shape index (κ3) is 2.54. The Morgan fingerprint density at radius 3 is 2.62 bits per heavy atom. The van der Waals surface area contributed by atoms with Gasteiger partial charge < -0.3 is 10.6 Å². The van der Waals surface area contributed by atoms with Gasteiger partial charge in [0.15, 0.2) is 0 Å². The molecule has 0 spiro atoms. The zero-order chi connectivity index (χ0) is 15.0. The molecule has 0 fully saturated rings. The zero-order valence-electron chi connectivity index (χ0n) is 12.0. The second-order valence-corrected chi connectivity index (χ2v) is 5.37. The third-order valence-corrected chi connectivity index (χ3v) is 3.91. The minimum absolute atomic E-state index is 0.0181. The van der Waals surface area contributed by atoms with Crippen LogP contribution in [0.15, 0.2) is 36.4 Å². The van der Waals surface area contributed by atoms with Crippen molar-refractivity contribution in [1.82, 2.24) is 5.32 Å². The van der Waals surface area contributed by atoms with E-state index in [0.29, 0.717) is 12.0 Å². The Labute approximate surface area is 123 Å². The maximum Gasteiger partial charge on any atom is 0.228 e. The van der Waals surface area contributed by atoms with E-state index in [-0.39, 0.29) is 17.8 Å². The topological polar surface area (TPSA) is 41.1 Å². The molecule has 1 atom stereocenters. The molecule has 0 bridgehead atoms. The number of benzene rings is 2. The number of hydrogen-bond acceptors (Lipinski definition) is 2. The van der Waals surface area contributed by atoms with Gasteiger partial charge in [-0.25, -0.2) is 4.39 Å². The fraction of sp³-hybridized carbons (Fsp3) is 0.235. The van der Waals surface area contributed by atoms with Crippen LogP contribution in [0.2, 0.25) is 0 Å². The molecule has 0 saturated carbocycles. The van der Waals surface area contributed by atoms with Gasteiger partial charge in [-0.2, -0.15) is 0 Å². The van der Waals surface area contributed by atoms with Crippen molar-refractivity contribution >= 4 is 11.6 Å². The summed E-state index contributed by atoms with van der Waals surface area (Å²) < 4.78 is 13.8. The van der Waals surface area contributed by atoms with Gasteiger partial charge in [0.2, 0.25) is 5.91 Å². The van der Waals surface area contributed by atoms with E-state index in [1.54, 1.807) is 19.1 Å². The van der Waals surface area contributed by atoms with Crippen molar-refractivity contribution in [2.24, 2.45) is 0 Å². The molecule has 4 heteroatoms. The van der Waals surface area contributed by atoms with Gasteiger partial charge in [-0.1, -0.05) is 24.3 Å². The Morgan fingerprint density at radius 1 is 1.19 bits per heavy atom. The summed E-state index contributed by atoms with van der Waals surface area (Å²) in [6.07, 6.45) is 0.405. The minimum Gasteiger partial charge on any atom is -0.326 e. The summed E-state index contributed by atoms with van der Waals surface area (Å²) in [5.74, 6) is -0.185. The molecule has 1 aliphatic rings. The highest BCUT2D eigenvalue weighted by Gasteiger charge is 2.20. The number of rotatable bonds is 3. The maximum atomic E-state index is 13.8. The van der Waals surface area contributed by atoms with Crippen molar-refractivity contribution in [3.8, 4) is 0 Å². The van der Waals surface area contributed by atoms with E-state index >= 15 is 0 Å². The molecule has 0 aromatic heterocycles. The van der Waals surface area contributed by atoms with E-state index in [4.69, 9.17) is 0 Å². The highest BCUT2D eigenvalue weighted by Crippen LogP contribution is 2.29. The largest absolute Gasteiger partial charge is 0.326 e. The summed E-state index contributed by atoms with van der Waals surface area (Å²) in [5, 5.41) is 6.03. The molecule has 0 saturated heterocycles. The van der Waals surface area contributed by atoms with Crippen LogP contribution in [0.3, 0.4) is 0 Å². The summed E-state index contributed by atoms with van der Waals surface area (Å²) in [7, 11) is 1.85. The van der Waals surface area contributed by atoms with Gasteiger partial charge in [0.25, 0.3) is 0 Å². The van der Waals surface area contributed by atoms with Crippen LogP contribution in [0, 0.1) is 12.7 Å². The average molecular weight is 284 g/mol. The van der Waals surface area contributed by atoms with Crippen molar-refractivity contribution in [2.75, 3.05) is 12.4 Å². The first-order chi connectivity index (χ1) is 10.1. The molecule has 1 amide bonds. The summed E-state index contributed by atoms with van der Waals surface area (Å²) in [4.78, 5) is 11.4. The van der Waals surface area contributed by atoms with Crippen LogP contribution in [-0.2, 0) is 11.2 Å². The second-order valence-electron chi connectivity index (χ2n) is 5.37. The van der Waals surface area contributed by atoms with Gasteiger partial charge >= 0.3 is 0 Å². The fourth-order valence-corrected chi connectivity index (χ4v) is 2.74.